The van der Waals surface area contributed by atoms with Crippen molar-refractivity contribution in [3.05, 3.63) is 49.3 Å². The second kappa shape index (κ2) is 4.64. The zero-order valence-corrected chi connectivity index (χ0v) is 13.0. The molecule has 3 rings (SSSR count). The van der Waals surface area contributed by atoms with Crippen molar-refractivity contribution in [1.29, 1.82) is 0 Å². The van der Waals surface area contributed by atoms with Crippen LogP contribution in [0.25, 0.3) is 11.0 Å². The van der Waals surface area contributed by atoms with Crippen molar-refractivity contribution >= 4 is 50.5 Å². The highest BCUT2D eigenvalue weighted by Crippen LogP contribution is 2.22. The summed E-state index contributed by atoms with van der Waals surface area (Å²) in [6.45, 7) is 2.96. The molecule has 0 aliphatic heterocycles. The number of aromatic amines is 1. The smallest absolute Gasteiger partial charge is 0.178 e. The summed E-state index contributed by atoms with van der Waals surface area (Å²) in [4.78, 5) is 5.91. The molecule has 0 saturated carbocycles. The van der Waals surface area contributed by atoms with E-state index in [0.29, 0.717) is 0 Å². The molecule has 0 bridgehead atoms. The molecule has 0 atom stereocenters. The summed E-state index contributed by atoms with van der Waals surface area (Å²) in [5.41, 5.74) is 2.22. The molecule has 5 heteroatoms. The lowest BCUT2D eigenvalue weighted by atomic mass is 10.3. The van der Waals surface area contributed by atoms with Gasteiger partial charge in [0, 0.05) is 14.2 Å². The highest BCUT2D eigenvalue weighted by Gasteiger charge is 2.06. The average Bonchev–Trinajstić information content (AvgIpc) is 2.84. The first-order chi connectivity index (χ1) is 8.63. The minimum atomic E-state index is 0.772. The lowest BCUT2D eigenvalue weighted by Gasteiger charge is -2.02. The predicted octanol–water partition coefficient (Wildman–Crippen LogP) is 4.88. The minimum absolute atomic E-state index is 0.772. The topological polar surface area (TPSA) is 20.7 Å². The Balaban J connectivity index is 2.11. The molecule has 0 radical (unpaired) electrons. The molecular formula is C13H11BrN2S2. The monoisotopic (exact) mass is 338 g/mol. The molecule has 2 aromatic heterocycles. The molecule has 0 spiro atoms. The standard InChI is InChI=1S/C13H11BrN2S2/c1-8-2-4-10(18-8)7-16-12-5-3-9(14)6-11(12)15-13(16)17/h2-6H,7H2,1H3,(H,15,17). The highest BCUT2D eigenvalue weighted by atomic mass is 79.9. The Morgan fingerprint density at radius 3 is 2.89 bits per heavy atom. The van der Waals surface area contributed by atoms with Gasteiger partial charge in [-0.15, -0.1) is 11.3 Å². The van der Waals surface area contributed by atoms with E-state index in [9.17, 15) is 0 Å². The Hall–Kier alpha value is -0.910. The van der Waals surface area contributed by atoms with E-state index >= 15 is 0 Å². The van der Waals surface area contributed by atoms with Gasteiger partial charge >= 0.3 is 0 Å². The SMILES string of the molecule is Cc1ccc(Cn2c(=S)[nH]c3cc(Br)ccc32)s1. The second-order valence-corrected chi connectivity index (χ2v) is 6.86. The van der Waals surface area contributed by atoms with E-state index in [-0.39, 0.29) is 0 Å². The molecule has 3 aromatic rings. The zero-order valence-electron chi connectivity index (χ0n) is 9.74. The van der Waals surface area contributed by atoms with Crippen LogP contribution in [0.4, 0.5) is 0 Å². The number of fused-ring (bicyclic) bond motifs is 1. The number of hydrogen-bond acceptors (Lipinski definition) is 2. The molecular weight excluding hydrogens is 328 g/mol. The third kappa shape index (κ3) is 2.18. The summed E-state index contributed by atoms with van der Waals surface area (Å²) >= 11 is 10.7. The van der Waals surface area contributed by atoms with Crippen LogP contribution in [0.5, 0.6) is 0 Å². The Bertz CT molecular complexity index is 767. The van der Waals surface area contributed by atoms with Crippen LogP contribution < -0.4 is 0 Å². The fraction of sp³-hybridized carbons (Fsp3) is 0.154. The fourth-order valence-electron chi connectivity index (χ4n) is 2.02. The number of aryl methyl sites for hydroxylation is 1. The van der Waals surface area contributed by atoms with Gasteiger partial charge in [-0.05, 0) is 49.5 Å². The van der Waals surface area contributed by atoms with Crippen LogP contribution in [0.3, 0.4) is 0 Å². The Morgan fingerprint density at radius 2 is 2.17 bits per heavy atom. The van der Waals surface area contributed by atoms with Crippen molar-refractivity contribution in [3.63, 3.8) is 0 Å². The maximum absolute atomic E-state index is 5.40. The number of rotatable bonds is 2. The molecule has 0 fully saturated rings. The Kier molecular flexibility index (Phi) is 3.13. The van der Waals surface area contributed by atoms with Gasteiger partial charge in [0.25, 0.3) is 0 Å². The van der Waals surface area contributed by atoms with E-state index in [1.165, 1.54) is 9.75 Å². The van der Waals surface area contributed by atoms with Gasteiger partial charge in [0.05, 0.1) is 17.6 Å². The largest absolute Gasteiger partial charge is 0.331 e. The molecule has 2 nitrogen and oxygen atoms in total. The van der Waals surface area contributed by atoms with Crippen LogP contribution in [0.2, 0.25) is 0 Å². The summed E-state index contributed by atoms with van der Waals surface area (Å²) in [5, 5.41) is 0. The summed E-state index contributed by atoms with van der Waals surface area (Å²) < 4.78 is 3.97. The maximum atomic E-state index is 5.40. The van der Waals surface area contributed by atoms with Crippen molar-refractivity contribution in [2.24, 2.45) is 0 Å². The van der Waals surface area contributed by atoms with Crippen LogP contribution in [0.15, 0.2) is 34.8 Å². The Labute approximate surface area is 122 Å². The number of nitrogens with one attached hydrogen (secondary N) is 1. The number of hydrogen-bond donors (Lipinski definition) is 1. The summed E-state index contributed by atoms with van der Waals surface area (Å²) in [5.74, 6) is 0. The normalized spacial score (nSPS) is 11.2. The molecule has 92 valence electrons. The quantitative estimate of drug-likeness (QED) is 0.660. The van der Waals surface area contributed by atoms with Crippen molar-refractivity contribution in [3.8, 4) is 0 Å². The molecule has 0 aliphatic carbocycles. The lowest BCUT2D eigenvalue weighted by molar-refractivity contribution is 0.823. The summed E-state index contributed by atoms with van der Waals surface area (Å²) in [6.07, 6.45) is 0. The molecule has 18 heavy (non-hydrogen) atoms. The highest BCUT2D eigenvalue weighted by molar-refractivity contribution is 9.10. The van der Waals surface area contributed by atoms with Gasteiger partial charge < -0.3 is 9.55 Å². The molecule has 1 aromatic carbocycles. The summed E-state index contributed by atoms with van der Waals surface area (Å²) in [7, 11) is 0. The number of benzene rings is 1. The number of H-pyrrole nitrogens is 1. The maximum Gasteiger partial charge on any atom is 0.178 e. The van der Waals surface area contributed by atoms with E-state index < -0.39 is 0 Å². The van der Waals surface area contributed by atoms with Crippen LogP contribution in [-0.4, -0.2) is 9.55 Å². The first kappa shape index (κ1) is 12.1. The van der Waals surface area contributed by atoms with Gasteiger partial charge in [-0.2, -0.15) is 0 Å². The fourth-order valence-corrected chi connectivity index (χ4v) is 3.53. The zero-order chi connectivity index (χ0) is 12.7. The number of aromatic nitrogens is 2. The number of nitrogens with zero attached hydrogens (tertiary/aromatic N) is 1. The number of halogens is 1. The number of thiophene rings is 1. The van der Waals surface area contributed by atoms with Crippen molar-refractivity contribution in [2.45, 2.75) is 13.5 Å². The molecule has 0 saturated heterocycles. The van der Waals surface area contributed by atoms with Gasteiger partial charge in [0.15, 0.2) is 4.77 Å². The Morgan fingerprint density at radius 1 is 1.33 bits per heavy atom. The van der Waals surface area contributed by atoms with Crippen LogP contribution in [-0.2, 0) is 6.54 Å². The van der Waals surface area contributed by atoms with Gasteiger partial charge in [0.1, 0.15) is 0 Å². The van der Waals surface area contributed by atoms with Crippen molar-refractivity contribution in [2.75, 3.05) is 0 Å². The van der Waals surface area contributed by atoms with Crippen LogP contribution in [0.1, 0.15) is 9.75 Å². The van der Waals surface area contributed by atoms with E-state index in [4.69, 9.17) is 12.2 Å². The van der Waals surface area contributed by atoms with Gasteiger partial charge in [-0.3, -0.25) is 0 Å². The molecule has 1 N–H and O–H groups in total. The first-order valence-corrected chi connectivity index (χ1v) is 7.58. The minimum Gasteiger partial charge on any atom is -0.331 e. The average molecular weight is 339 g/mol. The van der Waals surface area contributed by atoms with E-state index in [1.54, 1.807) is 0 Å². The van der Waals surface area contributed by atoms with E-state index in [2.05, 4.69) is 56.7 Å². The van der Waals surface area contributed by atoms with Crippen LogP contribution >= 0.6 is 39.5 Å². The third-order valence-electron chi connectivity index (χ3n) is 2.85. The molecule has 0 aliphatic rings. The molecule has 2 heterocycles. The van der Waals surface area contributed by atoms with Crippen LogP contribution in [0, 0.1) is 11.7 Å². The number of imidazole rings is 1. The first-order valence-electron chi connectivity index (χ1n) is 5.57. The van der Waals surface area contributed by atoms with Gasteiger partial charge in [-0.25, -0.2) is 0 Å². The third-order valence-corrected chi connectivity index (χ3v) is 4.65. The molecule has 0 amide bonds. The van der Waals surface area contributed by atoms with Crippen molar-refractivity contribution in [1.82, 2.24) is 9.55 Å². The van der Waals surface area contributed by atoms with Gasteiger partial charge in [-0.1, -0.05) is 15.9 Å². The second-order valence-electron chi connectivity index (χ2n) is 4.19. The van der Waals surface area contributed by atoms with E-state index in [1.807, 2.05) is 17.4 Å². The van der Waals surface area contributed by atoms with E-state index in [0.717, 1.165) is 26.8 Å². The predicted molar refractivity (Wildman–Crippen MR) is 83.0 cm³/mol. The van der Waals surface area contributed by atoms with Crippen molar-refractivity contribution < 1.29 is 0 Å². The molecule has 0 unspecified atom stereocenters. The van der Waals surface area contributed by atoms with Gasteiger partial charge in [0.2, 0.25) is 0 Å². The lowest BCUT2D eigenvalue weighted by Crippen LogP contribution is -1.97. The summed E-state index contributed by atoms with van der Waals surface area (Å²) in [6, 6.07) is 10.5.